The summed E-state index contributed by atoms with van der Waals surface area (Å²) in [5.41, 5.74) is 0. The van der Waals surface area contributed by atoms with Crippen LogP contribution in [-0.2, 0) is 10.8 Å². The van der Waals surface area contributed by atoms with Gasteiger partial charge < -0.3 is 5.32 Å². The van der Waals surface area contributed by atoms with Gasteiger partial charge >= 0.3 is 0 Å². The molecule has 0 aromatic carbocycles. The first-order valence-electron chi connectivity index (χ1n) is 4.51. The van der Waals surface area contributed by atoms with Gasteiger partial charge in [0.1, 0.15) is 9.63 Å². The first-order valence-corrected chi connectivity index (χ1v) is 6.52. The minimum absolute atomic E-state index is 0.219. The second-order valence-corrected chi connectivity index (χ2v) is 5.70. The zero-order valence-electron chi connectivity index (χ0n) is 7.57. The molecule has 5 heteroatoms. The Morgan fingerprint density at radius 2 is 2.43 bits per heavy atom. The van der Waals surface area contributed by atoms with E-state index in [-0.39, 0.29) is 5.25 Å². The van der Waals surface area contributed by atoms with Crippen molar-refractivity contribution in [2.75, 3.05) is 13.1 Å². The van der Waals surface area contributed by atoms with E-state index in [0.29, 0.717) is 5.03 Å². The lowest BCUT2D eigenvalue weighted by molar-refractivity contribution is 0.669. The van der Waals surface area contributed by atoms with E-state index in [4.69, 9.17) is 0 Å². The number of nitrogens with one attached hydrogen (secondary N) is 1. The first kappa shape index (κ1) is 10.3. The van der Waals surface area contributed by atoms with Gasteiger partial charge in [0.15, 0.2) is 0 Å². The molecule has 2 atom stereocenters. The summed E-state index contributed by atoms with van der Waals surface area (Å²) in [6.45, 7) is 1.80. The molecule has 2 heterocycles. The molecule has 0 spiro atoms. The number of pyridine rings is 1. The highest BCUT2D eigenvalue weighted by molar-refractivity contribution is 9.10. The number of aromatic nitrogens is 1. The smallest absolute Gasteiger partial charge is 0.128 e. The zero-order chi connectivity index (χ0) is 9.97. The molecule has 3 nitrogen and oxygen atoms in total. The van der Waals surface area contributed by atoms with Crippen molar-refractivity contribution in [3.63, 3.8) is 0 Å². The lowest BCUT2D eigenvalue weighted by Crippen LogP contribution is -2.19. The Labute approximate surface area is 93.9 Å². The van der Waals surface area contributed by atoms with E-state index in [1.807, 2.05) is 18.2 Å². The van der Waals surface area contributed by atoms with Gasteiger partial charge in [-0.3, -0.25) is 4.21 Å². The predicted molar refractivity (Wildman–Crippen MR) is 59.6 cm³/mol. The van der Waals surface area contributed by atoms with E-state index >= 15 is 0 Å². The maximum absolute atomic E-state index is 12.0. The third kappa shape index (κ3) is 2.21. The largest absolute Gasteiger partial charge is 0.315 e. The van der Waals surface area contributed by atoms with Crippen LogP contribution >= 0.6 is 15.9 Å². The Hall–Kier alpha value is -0.260. The minimum atomic E-state index is -0.973. The van der Waals surface area contributed by atoms with Crippen molar-refractivity contribution in [3.8, 4) is 0 Å². The summed E-state index contributed by atoms with van der Waals surface area (Å²) >= 11 is 3.28. The number of halogens is 1. The Bertz CT molecular complexity index is 352. The quantitative estimate of drug-likeness (QED) is 0.828. The third-order valence-corrected chi connectivity index (χ3v) is 4.30. The molecule has 1 N–H and O–H groups in total. The zero-order valence-corrected chi connectivity index (χ0v) is 9.97. The van der Waals surface area contributed by atoms with E-state index in [0.717, 1.165) is 24.1 Å². The topological polar surface area (TPSA) is 42.0 Å². The number of nitrogens with zero attached hydrogens (tertiary/aromatic N) is 1. The van der Waals surface area contributed by atoms with Crippen LogP contribution in [0.3, 0.4) is 0 Å². The second kappa shape index (κ2) is 4.51. The van der Waals surface area contributed by atoms with Crippen molar-refractivity contribution >= 4 is 26.7 Å². The van der Waals surface area contributed by atoms with Crippen molar-refractivity contribution < 1.29 is 4.21 Å². The molecule has 2 rings (SSSR count). The van der Waals surface area contributed by atoms with Crippen LogP contribution in [0.15, 0.2) is 27.8 Å². The Kier molecular flexibility index (Phi) is 3.30. The molecule has 1 aromatic heterocycles. The van der Waals surface area contributed by atoms with Crippen molar-refractivity contribution in [1.29, 1.82) is 0 Å². The van der Waals surface area contributed by atoms with Crippen molar-refractivity contribution in [2.24, 2.45) is 0 Å². The predicted octanol–water partition coefficient (Wildman–Crippen LogP) is 1.31. The van der Waals surface area contributed by atoms with Gasteiger partial charge in [-0.15, -0.1) is 0 Å². The standard InChI is InChI=1S/C9H11BrN2OS/c10-8-2-1-3-9(12-8)14(13)7-4-5-11-6-7/h1-3,7,11H,4-6H2/t7-,14?/m0/s1. The lowest BCUT2D eigenvalue weighted by Gasteiger charge is -2.07. The van der Waals surface area contributed by atoms with E-state index in [1.54, 1.807) is 0 Å². The SMILES string of the molecule is O=S(c1cccc(Br)n1)[C@H]1CCNC1. The lowest BCUT2D eigenvalue weighted by atomic mass is 10.4. The molecular weight excluding hydrogens is 264 g/mol. The molecule has 1 unspecified atom stereocenters. The fraction of sp³-hybridized carbons (Fsp3) is 0.444. The van der Waals surface area contributed by atoms with Gasteiger partial charge in [-0.2, -0.15) is 0 Å². The molecule has 1 fully saturated rings. The maximum Gasteiger partial charge on any atom is 0.128 e. The highest BCUT2D eigenvalue weighted by Crippen LogP contribution is 2.16. The molecule has 0 amide bonds. The minimum Gasteiger partial charge on any atom is -0.315 e. The highest BCUT2D eigenvalue weighted by atomic mass is 79.9. The number of hydrogen-bond acceptors (Lipinski definition) is 3. The van der Waals surface area contributed by atoms with Crippen molar-refractivity contribution in [2.45, 2.75) is 16.7 Å². The molecule has 0 bridgehead atoms. The summed E-state index contributed by atoms with van der Waals surface area (Å²) in [6, 6.07) is 5.53. The monoisotopic (exact) mass is 274 g/mol. The van der Waals surface area contributed by atoms with Gasteiger partial charge in [-0.1, -0.05) is 6.07 Å². The molecule has 14 heavy (non-hydrogen) atoms. The van der Waals surface area contributed by atoms with Crippen molar-refractivity contribution in [1.82, 2.24) is 10.3 Å². The molecule has 0 aliphatic carbocycles. The maximum atomic E-state index is 12.0. The van der Waals surface area contributed by atoms with Gasteiger partial charge in [0, 0.05) is 6.54 Å². The molecule has 1 aliphatic rings. The van der Waals surface area contributed by atoms with Crippen LogP contribution in [0.1, 0.15) is 6.42 Å². The average molecular weight is 275 g/mol. The average Bonchev–Trinajstić information content (AvgIpc) is 2.69. The van der Waals surface area contributed by atoms with Crippen LogP contribution in [0.25, 0.3) is 0 Å². The van der Waals surface area contributed by atoms with Crippen LogP contribution < -0.4 is 5.32 Å². The third-order valence-electron chi connectivity index (χ3n) is 2.21. The Morgan fingerprint density at radius 1 is 1.57 bits per heavy atom. The Morgan fingerprint density at radius 3 is 3.07 bits per heavy atom. The van der Waals surface area contributed by atoms with E-state index in [9.17, 15) is 4.21 Å². The molecule has 1 aliphatic heterocycles. The summed E-state index contributed by atoms with van der Waals surface area (Å²) in [5.74, 6) is 0. The van der Waals surface area contributed by atoms with E-state index in [2.05, 4.69) is 26.2 Å². The summed E-state index contributed by atoms with van der Waals surface area (Å²) in [7, 11) is -0.973. The molecule has 0 radical (unpaired) electrons. The number of hydrogen-bond donors (Lipinski definition) is 1. The van der Waals surface area contributed by atoms with Crippen LogP contribution in [0.2, 0.25) is 0 Å². The van der Waals surface area contributed by atoms with Crippen LogP contribution in [0.5, 0.6) is 0 Å². The van der Waals surface area contributed by atoms with Crippen LogP contribution in [0, 0.1) is 0 Å². The van der Waals surface area contributed by atoms with Gasteiger partial charge in [0.25, 0.3) is 0 Å². The second-order valence-electron chi connectivity index (χ2n) is 3.21. The molecule has 1 saturated heterocycles. The van der Waals surface area contributed by atoms with Gasteiger partial charge in [-0.05, 0) is 41.0 Å². The summed E-state index contributed by atoms with van der Waals surface area (Å²) < 4.78 is 12.7. The molecule has 76 valence electrons. The summed E-state index contributed by atoms with van der Waals surface area (Å²) in [6.07, 6.45) is 0.973. The number of rotatable bonds is 2. The van der Waals surface area contributed by atoms with Crippen molar-refractivity contribution in [3.05, 3.63) is 22.8 Å². The highest BCUT2D eigenvalue weighted by Gasteiger charge is 2.23. The summed E-state index contributed by atoms with van der Waals surface area (Å²) in [5, 5.41) is 4.10. The fourth-order valence-electron chi connectivity index (χ4n) is 1.48. The summed E-state index contributed by atoms with van der Waals surface area (Å²) in [4.78, 5) is 4.21. The Balaban J connectivity index is 2.17. The van der Waals surface area contributed by atoms with E-state index in [1.165, 1.54) is 0 Å². The molecular formula is C9H11BrN2OS. The normalized spacial score (nSPS) is 23.6. The van der Waals surface area contributed by atoms with Gasteiger partial charge in [0.05, 0.1) is 16.0 Å². The molecule has 0 saturated carbocycles. The van der Waals surface area contributed by atoms with Gasteiger partial charge in [0.2, 0.25) is 0 Å². The first-order chi connectivity index (χ1) is 6.77. The van der Waals surface area contributed by atoms with E-state index < -0.39 is 10.8 Å². The van der Waals surface area contributed by atoms with Crippen LogP contribution in [-0.4, -0.2) is 27.5 Å². The van der Waals surface area contributed by atoms with Gasteiger partial charge in [-0.25, -0.2) is 4.98 Å². The fourth-order valence-corrected chi connectivity index (χ4v) is 3.29. The molecule has 1 aromatic rings. The van der Waals surface area contributed by atoms with Crippen LogP contribution in [0.4, 0.5) is 0 Å².